The van der Waals surface area contributed by atoms with Crippen LogP contribution in [0.15, 0.2) is 9.27 Å². The lowest BCUT2D eigenvalue weighted by molar-refractivity contribution is 0.0585. The van der Waals surface area contributed by atoms with Crippen LogP contribution >= 0.6 is 15.9 Å². The first-order chi connectivity index (χ1) is 6.97. The van der Waals surface area contributed by atoms with Gasteiger partial charge in [-0.2, -0.15) is 0 Å². The second-order valence-corrected chi connectivity index (χ2v) is 4.05. The molecule has 15 heavy (non-hydrogen) atoms. The van der Waals surface area contributed by atoms with Crippen LogP contribution in [0, 0.1) is 0 Å². The standard InChI is InChI=1S/C9H11BrN2O3/c1-4(2)6-5(10)8(13)12-7(11-6)9(14)15-3/h4H,1-3H3,(H,11,12,13). The van der Waals surface area contributed by atoms with Crippen molar-refractivity contribution in [3.05, 3.63) is 26.3 Å². The Kier molecular flexibility index (Phi) is 3.62. The number of nitrogens with one attached hydrogen (secondary N) is 1. The molecule has 82 valence electrons. The Morgan fingerprint density at radius 3 is 2.60 bits per heavy atom. The summed E-state index contributed by atoms with van der Waals surface area (Å²) >= 11 is 3.13. The molecule has 6 heteroatoms. The van der Waals surface area contributed by atoms with Crippen LogP contribution in [-0.2, 0) is 4.74 Å². The lowest BCUT2D eigenvalue weighted by atomic mass is 10.1. The average molecular weight is 275 g/mol. The van der Waals surface area contributed by atoms with Gasteiger partial charge in [0.2, 0.25) is 5.82 Å². The number of H-pyrrole nitrogens is 1. The molecule has 0 spiro atoms. The minimum Gasteiger partial charge on any atom is -0.463 e. The third-order valence-corrected chi connectivity index (χ3v) is 2.58. The summed E-state index contributed by atoms with van der Waals surface area (Å²) in [5.74, 6) is -0.680. The topological polar surface area (TPSA) is 72.0 Å². The average Bonchev–Trinajstić information content (AvgIpc) is 2.20. The lowest BCUT2D eigenvalue weighted by Gasteiger charge is -2.07. The second-order valence-electron chi connectivity index (χ2n) is 3.26. The molecule has 0 aliphatic rings. The molecule has 0 fully saturated rings. The van der Waals surface area contributed by atoms with Gasteiger partial charge in [0.25, 0.3) is 5.56 Å². The molecule has 1 aromatic rings. The minimum atomic E-state index is -0.651. The largest absolute Gasteiger partial charge is 0.463 e. The van der Waals surface area contributed by atoms with Gasteiger partial charge in [-0.25, -0.2) is 9.78 Å². The van der Waals surface area contributed by atoms with Gasteiger partial charge in [0.15, 0.2) is 0 Å². The monoisotopic (exact) mass is 274 g/mol. The van der Waals surface area contributed by atoms with Crippen molar-refractivity contribution >= 4 is 21.9 Å². The summed E-state index contributed by atoms with van der Waals surface area (Å²) in [4.78, 5) is 29.0. The van der Waals surface area contributed by atoms with E-state index in [1.807, 2.05) is 13.8 Å². The third kappa shape index (κ3) is 2.44. The van der Waals surface area contributed by atoms with E-state index in [4.69, 9.17) is 0 Å². The molecule has 0 aliphatic carbocycles. The number of rotatable bonds is 2. The number of carbonyl (C=O) groups is 1. The van der Waals surface area contributed by atoms with Crippen molar-refractivity contribution in [2.75, 3.05) is 7.11 Å². The van der Waals surface area contributed by atoms with E-state index in [2.05, 4.69) is 30.6 Å². The molecule has 0 unspecified atom stereocenters. The molecule has 0 saturated heterocycles. The fourth-order valence-corrected chi connectivity index (χ4v) is 1.70. The van der Waals surface area contributed by atoms with Gasteiger partial charge in [-0.15, -0.1) is 0 Å². The zero-order chi connectivity index (χ0) is 11.6. The van der Waals surface area contributed by atoms with Gasteiger partial charge < -0.3 is 4.74 Å². The van der Waals surface area contributed by atoms with E-state index >= 15 is 0 Å². The fraction of sp³-hybridized carbons (Fsp3) is 0.444. The molecule has 0 bridgehead atoms. The van der Waals surface area contributed by atoms with Gasteiger partial charge in [-0.3, -0.25) is 9.78 Å². The van der Waals surface area contributed by atoms with Crippen molar-refractivity contribution in [1.29, 1.82) is 0 Å². The Morgan fingerprint density at radius 2 is 2.13 bits per heavy atom. The number of aromatic nitrogens is 2. The third-order valence-electron chi connectivity index (χ3n) is 1.81. The molecule has 0 aromatic carbocycles. The maximum absolute atomic E-state index is 11.4. The summed E-state index contributed by atoms with van der Waals surface area (Å²) in [5, 5.41) is 0. The minimum absolute atomic E-state index is 0.0464. The van der Waals surface area contributed by atoms with E-state index in [1.165, 1.54) is 7.11 Å². The first-order valence-electron chi connectivity index (χ1n) is 4.35. The smallest absolute Gasteiger partial charge is 0.374 e. The number of methoxy groups -OCH3 is 1. The highest BCUT2D eigenvalue weighted by Crippen LogP contribution is 2.18. The van der Waals surface area contributed by atoms with Gasteiger partial charge in [-0.05, 0) is 21.8 Å². The molecule has 1 aromatic heterocycles. The van der Waals surface area contributed by atoms with Crippen molar-refractivity contribution in [2.45, 2.75) is 19.8 Å². The maximum Gasteiger partial charge on any atom is 0.374 e. The normalized spacial score (nSPS) is 10.5. The Hall–Kier alpha value is -1.17. The van der Waals surface area contributed by atoms with Crippen LogP contribution in [0.25, 0.3) is 0 Å². The molecule has 0 atom stereocenters. The zero-order valence-corrected chi connectivity index (χ0v) is 10.2. The van der Waals surface area contributed by atoms with Crippen LogP contribution in [-0.4, -0.2) is 23.0 Å². The zero-order valence-electron chi connectivity index (χ0n) is 8.63. The van der Waals surface area contributed by atoms with Crippen LogP contribution in [0.2, 0.25) is 0 Å². The highest BCUT2D eigenvalue weighted by molar-refractivity contribution is 9.10. The van der Waals surface area contributed by atoms with Crippen molar-refractivity contribution < 1.29 is 9.53 Å². The molecule has 5 nitrogen and oxygen atoms in total. The Morgan fingerprint density at radius 1 is 1.53 bits per heavy atom. The maximum atomic E-state index is 11.4. The quantitative estimate of drug-likeness (QED) is 0.829. The van der Waals surface area contributed by atoms with Crippen molar-refractivity contribution in [2.24, 2.45) is 0 Å². The number of aromatic amines is 1. The SMILES string of the molecule is COC(=O)c1nc(C(C)C)c(Br)c(=O)[nH]1. The molecule has 1 N–H and O–H groups in total. The number of ether oxygens (including phenoxy) is 1. The first kappa shape index (κ1) is 11.9. The van der Waals surface area contributed by atoms with Crippen molar-refractivity contribution in [1.82, 2.24) is 9.97 Å². The summed E-state index contributed by atoms with van der Waals surface area (Å²) in [6, 6.07) is 0. The highest BCUT2D eigenvalue weighted by Gasteiger charge is 2.16. The van der Waals surface area contributed by atoms with Crippen LogP contribution in [0.1, 0.15) is 36.1 Å². The van der Waals surface area contributed by atoms with Gasteiger partial charge >= 0.3 is 5.97 Å². The summed E-state index contributed by atoms with van der Waals surface area (Å²) < 4.78 is 4.83. The van der Waals surface area contributed by atoms with E-state index in [-0.39, 0.29) is 17.3 Å². The number of halogens is 1. The number of hydrogen-bond donors (Lipinski definition) is 1. The number of hydrogen-bond acceptors (Lipinski definition) is 4. The predicted molar refractivity (Wildman–Crippen MR) is 58.0 cm³/mol. The summed E-state index contributed by atoms with van der Waals surface area (Å²) in [7, 11) is 1.24. The van der Waals surface area contributed by atoms with E-state index in [0.29, 0.717) is 10.2 Å². The summed E-state index contributed by atoms with van der Waals surface area (Å²) in [6.45, 7) is 3.77. The first-order valence-corrected chi connectivity index (χ1v) is 5.14. The molecule has 0 aliphatic heterocycles. The van der Waals surface area contributed by atoms with E-state index in [1.54, 1.807) is 0 Å². The summed E-state index contributed by atoms with van der Waals surface area (Å²) in [5.41, 5.74) is 0.160. The Labute approximate surface area is 95.0 Å². The van der Waals surface area contributed by atoms with E-state index in [9.17, 15) is 9.59 Å². The number of carbonyl (C=O) groups excluding carboxylic acids is 1. The van der Waals surface area contributed by atoms with Crippen molar-refractivity contribution in [3.8, 4) is 0 Å². The fourth-order valence-electron chi connectivity index (χ4n) is 1.05. The molecular weight excluding hydrogens is 264 g/mol. The highest BCUT2D eigenvalue weighted by atomic mass is 79.9. The second kappa shape index (κ2) is 4.57. The molecular formula is C9H11BrN2O3. The van der Waals surface area contributed by atoms with Gasteiger partial charge in [0.05, 0.1) is 12.8 Å². The molecule has 1 heterocycles. The predicted octanol–water partition coefficient (Wildman–Crippen LogP) is 1.44. The Balaban J connectivity index is 3.36. The molecule has 0 radical (unpaired) electrons. The number of esters is 1. The van der Waals surface area contributed by atoms with Gasteiger partial charge in [0, 0.05) is 0 Å². The van der Waals surface area contributed by atoms with E-state index < -0.39 is 5.97 Å². The lowest BCUT2D eigenvalue weighted by Crippen LogP contribution is -2.20. The van der Waals surface area contributed by atoms with E-state index in [0.717, 1.165) is 0 Å². The number of nitrogens with zero attached hydrogens (tertiary/aromatic N) is 1. The van der Waals surface area contributed by atoms with Crippen LogP contribution in [0.3, 0.4) is 0 Å². The molecule has 1 rings (SSSR count). The van der Waals surface area contributed by atoms with Crippen LogP contribution in [0.5, 0.6) is 0 Å². The Bertz CT molecular complexity index is 439. The summed E-state index contributed by atoms with van der Waals surface area (Å²) in [6.07, 6.45) is 0. The van der Waals surface area contributed by atoms with Crippen LogP contribution in [0.4, 0.5) is 0 Å². The molecule has 0 saturated carbocycles. The molecule has 0 amide bonds. The van der Waals surface area contributed by atoms with Crippen molar-refractivity contribution in [3.63, 3.8) is 0 Å². The van der Waals surface area contributed by atoms with Gasteiger partial charge in [0.1, 0.15) is 4.47 Å². The van der Waals surface area contributed by atoms with Gasteiger partial charge in [-0.1, -0.05) is 13.8 Å². The van der Waals surface area contributed by atoms with Crippen LogP contribution < -0.4 is 5.56 Å².